The summed E-state index contributed by atoms with van der Waals surface area (Å²) >= 11 is 0. The molecule has 15 heavy (non-hydrogen) atoms. The van der Waals surface area contributed by atoms with Crippen molar-refractivity contribution in [3.8, 4) is 0 Å². The fraction of sp³-hybridized carbons (Fsp3) is 0.727. The van der Waals surface area contributed by atoms with E-state index in [0.29, 0.717) is 18.0 Å². The van der Waals surface area contributed by atoms with Crippen LogP contribution in [0, 0.1) is 0 Å². The van der Waals surface area contributed by atoms with Crippen LogP contribution in [-0.2, 0) is 4.79 Å². The summed E-state index contributed by atoms with van der Waals surface area (Å²) in [6.07, 6.45) is 4.44. The van der Waals surface area contributed by atoms with Crippen molar-refractivity contribution in [2.45, 2.75) is 32.2 Å². The minimum Gasteiger partial charge on any atom is -0.478 e. The molecule has 4 nitrogen and oxygen atoms in total. The summed E-state index contributed by atoms with van der Waals surface area (Å²) < 4.78 is 0. The number of hydrogen-bond acceptors (Lipinski definition) is 3. The molecule has 0 spiro atoms. The highest BCUT2D eigenvalue weighted by Crippen LogP contribution is 2.09. The van der Waals surface area contributed by atoms with Crippen LogP contribution in [0.2, 0.25) is 0 Å². The molecule has 0 unspecified atom stereocenters. The summed E-state index contributed by atoms with van der Waals surface area (Å²) in [5, 5.41) is 8.84. The zero-order valence-electron chi connectivity index (χ0n) is 9.28. The molecule has 1 fully saturated rings. The molecule has 0 bridgehead atoms. The molecule has 1 rings (SSSR count). The zero-order chi connectivity index (χ0) is 11.3. The van der Waals surface area contributed by atoms with Crippen LogP contribution in [0.1, 0.15) is 26.2 Å². The molecular weight excluding hydrogens is 192 g/mol. The number of carbonyl (C=O) groups is 1. The molecule has 1 saturated heterocycles. The lowest BCUT2D eigenvalue weighted by Crippen LogP contribution is -2.39. The standard InChI is InChI=1S/C11H20N2O2/c1-2-9(11(14)15)3-6-13-7-4-10(12)5-8-13/h3,10H,2,4-8,12H2,1H3,(H,14,15). The molecule has 0 aromatic heterocycles. The van der Waals surface area contributed by atoms with E-state index in [9.17, 15) is 4.79 Å². The van der Waals surface area contributed by atoms with Gasteiger partial charge in [0.15, 0.2) is 0 Å². The molecule has 1 aliphatic heterocycles. The van der Waals surface area contributed by atoms with Gasteiger partial charge in [0, 0.05) is 18.2 Å². The summed E-state index contributed by atoms with van der Waals surface area (Å²) in [7, 11) is 0. The third kappa shape index (κ3) is 4.01. The molecule has 0 amide bonds. The Morgan fingerprint density at radius 2 is 2.13 bits per heavy atom. The van der Waals surface area contributed by atoms with Crippen molar-refractivity contribution in [1.29, 1.82) is 0 Å². The summed E-state index contributed by atoms with van der Waals surface area (Å²) in [6, 6.07) is 0.329. The summed E-state index contributed by atoms with van der Waals surface area (Å²) in [4.78, 5) is 13.0. The Balaban J connectivity index is 2.38. The van der Waals surface area contributed by atoms with E-state index in [1.54, 1.807) is 0 Å². The van der Waals surface area contributed by atoms with Crippen LogP contribution in [-0.4, -0.2) is 41.7 Å². The van der Waals surface area contributed by atoms with Crippen molar-refractivity contribution in [2.24, 2.45) is 5.73 Å². The van der Waals surface area contributed by atoms with Gasteiger partial charge in [0.25, 0.3) is 0 Å². The van der Waals surface area contributed by atoms with E-state index in [1.165, 1.54) is 0 Å². The van der Waals surface area contributed by atoms with Crippen molar-refractivity contribution >= 4 is 5.97 Å². The summed E-state index contributed by atoms with van der Waals surface area (Å²) in [5.41, 5.74) is 6.30. The van der Waals surface area contributed by atoms with Crippen LogP contribution in [0.3, 0.4) is 0 Å². The maximum absolute atomic E-state index is 10.7. The quantitative estimate of drug-likeness (QED) is 0.677. The average molecular weight is 212 g/mol. The summed E-state index contributed by atoms with van der Waals surface area (Å²) in [6.45, 7) is 4.57. The fourth-order valence-corrected chi connectivity index (χ4v) is 1.76. The highest BCUT2D eigenvalue weighted by molar-refractivity contribution is 5.86. The second-order valence-electron chi connectivity index (χ2n) is 4.03. The lowest BCUT2D eigenvalue weighted by Gasteiger charge is -2.29. The number of likely N-dealkylation sites (tertiary alicyclic amines) is 1. The van der Waals surface area contributed by atoms with Crippen molar-refractivity contribution in [3.05, 3.63) is 11.6 Å². The smallest absolute Gasteiger partial charge is 0.331 e. The first-order chi connectivity index (χ1) is 7.13. The normalized spacial score (nSPS) is 20.5. The van der Waals surface area contributed by atoms with E-state index in [0.717, 1.165) is 32.5 Å². The summed E-state index contributed by atoms with van der Waals surface area (Å²) in [5.74, 6) is -0.800. The van der Waals surface area contributed by atoms with Crippen LogP contribution < -0.4 is 5.73 Å². The number of aliphatic carboxylic acids is 1. The maximum Gasteiger partial charge on any atom is 0.331 e. The van der Waals surface area contributed by atoms with Gasteiger partial charge in [-0.25, -0.2) is 4.79 Å². The Morgan fingerprint density at radius 1 is 1.53 bits per heavy atom. The Morgan fingerprint density at radius 3 is 2.60 bits per heavy atom. The predicted molar refractivity (Wildman–Crippen MR) is 59.7 cm³/mol. The van der Waals surface area contributed by atoms with Crippen LogP contribution >= 0.6 is 0 Å². The monoisotopic (exact) mass is 212 g/mol. The molecule has 86 valence electrons. The Bertz CT molecular complexity index is 243. The molecule has 1 heterocycles. The molecule has 0 aromatic rings. The minimum absolute atomic E-state index is 0.329. The molecule has 0 radical (unpaired) electrons. The first kappa shape index (κ1) is 12.2. The molecule has 0 aliphatic carbocycles. The van der Waals surface area contributed by atoms with E-state index >= 15 is 0 Å². The lowest BCUT2D eigenvalue weighted by molar-refractivity contribution is -0.132. The highest BCUT2D eigenvalue weighted by atomic mass is 16.4. The van der Waals surface area contributed by atoms with Gasteiger partial charge in [-0.05, 0) is 32.4 Å². The molecular formula is C11H20N2O2. The van der Waals surface area contributed by atoms with Crippen molar-refractivity contribution in [1.82, 2.24) is 4.90 Å². The van der Waals surface area contributed by atoms with Gasteiger partial charge < -0.3 is 10.8 Å². The van der Waals surface area contributed by atoms with Gasteiger partial charge in [-0.3, -0.25) is 4.90 Å². The number of hydrogen-bond donors (Lipinski definition) is 2. The predicted octanol–water partition coefficient (Wildman–Crippen LogP) is 0.831. The SMILES string of the molecule is CCC(=CCN1CCC(N)CC1)C(=O)O. The van der Waals surface area contributed by atoms with Crippen LogP contribution in [0.5, 0.6) is 0 Å². The first-order valence-electron chi connectivity index (χ1n) is 5.53. The van der Waals surface area contributed by atoms with Crippen LogP contribution in [0.4, 0.5) is 0 Å². The average Bonchev–Trinajstić information content (AvgIpc) is 2.21. The topological polar surface area (TPSA) is 66.6 Å². The van der Waals surface area contributed by atoms with E-state index in [1.807, 2.05) is 13.0 Å². The van der Waals surface area contributed by atoms with E-state index in [4.69, 9.17) is 10.8 Å². The van der Waals surface area contributed by atoms with E-state index in [2.05, 4.69) is 4.90 Å². The Hall–Kier alpha value is -0.870. The Labute approximate surface area is 90.7 Å². The van der Waals surface area contributed by atoms with Gasteiger partial charge in [0.05, 0.1) is 0 Å². The molecule has 4 heteroatoms. The number of carboxylic acid groups (broad SMARTS) is 1. The Kier molecular flexibility index (Phi) is 4.78. The highest BCUT2D eigenvalue weighted by Gasteiger charge is 2.15. The zero-order valence-corrected chi connectivity index (χ0v) is 9.28. The van der Waals surface area contributed by atoms with Gasteiger partial charge in [-0.2, -0.15) is 0 Å². The third-order valence-corrected chi connectivity index (χ3v) is 2.88. The molecule has 0 atom stereocenters. The van der Waals surface area contributed by atoms with Gasteiger partial charge in [0.1, 0.15) is 0 Å². The number of carboxylic acids is 1. The van der Waals surface area contributed by atoms with Crippen molar-refractivity contribution < 1.29 is 9.90 Å². The van der Waals surface area contributed by atoms with Crippen LogP contribution in [0.25, 0.3) is 0 Å². The maximum atomic E-state index is 10.7. The van der Waals surface area contributed by atoms with Gasteiger partial charge in [0.2, 0.25) is 0 Å². The van der Waals surface area contributed by atoms with Crippen molar-refractivity contribution in [2.75, 3.05) is 19.6 Å². The first-order valence-corrected chi connectivity index (χ1v) is 5.53. The fourth-order valence-electron chi connectivity index (χ4n) is 1.76. The number of nitrogens with zero attached hydrogens (tertiary/aromatic N) is 1. The molecule has 1 aliphatic rings. The van der Waals surface area contributed by atoms with Gasteiger partial charge in [-0.15, -0.1) is 0 Å². The second kappa shape index (κ2) is 5.88. The molecule has 0 saturated carbocycles. The minimum atomic E-state index is -0.800. The van der Waals surface area contributed by atoms with Gasteiger partial charge in [-0.1, -0.05) is 13.0 Å². The third-order valence-electron chi connectivity index (χ3n) is 2.88. The second-order valence-corrected chi connectivity index (χ2v) is 4.03. The molecule has 3 N–H and O–H groups in total. The molecule has 0 aromatic carbocycles. The number of rotatable bonds is 4. The van der Waals surface area contributed by atoms with E-state index in [-0.39, 0.29) is 0 Å². The van der Waals surface area contributed by atoms with Gasteiger partial charge >= 0.3 is 5.97 Å². The van der Waals surface area contributed by atoms with Crippen LogP contribution in [0.15, 0.2) is 11.6 Å². The van der Waals surface area contributed by atoms with E-state index < -0.39 is 5.97 Å². The lowest BCUT2D eigenvalue weighted by atomic mass is 10.1. The number of nitrogens with two attached hydrogens (primary N) is 1. The number of piperidine rings is 1. The van der Waals surface area contributed by atoms with Crippen molar-refractivity contribution in [3.63, 3.8) is 0 Å². The largest absolute Gasteiger partial charge is 0.478 e.